The number of hydrogen-bond acceptors (Lipinski definition) is 7. The number of hydrogen-bond donors (Lipinski definition) is 0. The third kappa shape index (κ3) is 4.82. The predicted molar refractivity (Wildman–Crippen MR) is 98.3 cm³/mol. The second-order valence-corrected chi connectivity index (χ2v) is 8.49. The molecule has 0 bridgehead atoms. The Kier molecular flexibility index (Phi) is 6.62. The summed E-state index contributed by atoms with van der Waals surface area (Å²) in [5, 5.41) is 9.06. The van der Waals surface area contributed by atoms with Gasteiger partial charge in [-0.25, -0.2) is 8.42 Å². The van der Waals surface area contributed by atoms with Crippen LogP contribution in [0, 0.1) is 10.1 Å². The minimum Gasteiger partial charge on any atom is -0.468 e. The normalized spacial score (nSPS) is 12.9. The number of carbonyl (C=O) groups excluding carboxylic acids is 1. The van der Waals surface area contributed by atoms with Gasteiger partial charge in [0.2, 0.25) is 0 Å². The second kappa shape index (κ2) is 8.48. The smallest absolute Gasteiger partial charge is 0.416 e. The summed E-state index contributed by atoms with van der Waals surface area (Å²) in [6.07, 6.45) is -4.64. The van der Waals surface area contributed by atoms with E-state index in [0.29, 0.717) is 12.1 Å². The molecule has 1 atom stereocenters. The van der Waals surface area contributed by atoms with E-state index in [1.165, 1.54) is 0 Å². The van der Waals surface area contributed by atoms with Gasteiger partial charge in [-0.1, -0.05) is 11.6 Å². The molecular weight excluding hydrogens is 455 g/mol. The van der Waals surface area contributed by atoms with Gasteiger partial charge < -0.3 is 9.47 Å². The summed E-state index contributed by atoms with van der Waals surface area (Å²) in [6, 6.07) is 4.86. The van der Waals surface area contributed by atoms with Crippen molar-refractivity contribution in [1.29, 1.82) is 0 Å². The van der Waals surface area contributed by atoms with E-state index in [0.717, 1.165) is 38.3 Å². The predicted octanol–water partition coefficient (Wildman–Crippen LogP) is 4.39. The number of nitrogens with zero attached hydrogens (tertiary/aromatic N) is 1. The van der Waals surface area contributed by atoms with Gasteiger partial charge in [0, 0.05) is 12.1 Å². The molecule has 2 aromatic carbocycles. The number of carbonyl (C=O) groups is 1. The first-order chi connectivity index (χ1) is 13.8. The Morgan fingerprint density at radius 2 is 1.83 bits per heavy atom. The molecule has 0 spiro atoms. The Morgan fingerprint density at radius 1 is 1.20 bits per heavy atom. The van der Waals surface area contributed by atoms with Gasteiger partial charge in [0.1, 0.15) is 16.4 Å². The van der Waals surface area contributed by atoms with Crippen molar-refractivity contribution in [2.45, 2.75) is 23.2 Å². The summed E-state index contributed by atoms with van der Waals surface area (Å²) in [6.45, 7) is 0.991. The van der Waals surface area contributed by atoms with E-state index in [2.05, 4.69) is 4.74 Å². The number of benzene rings is 2. The molecule has 0 aliphatic carbocycles. The molecule has 0 heterocycles. The lowest BCUT2D eigenvalue weighted by Gasteiger charge is -2.14. The zero-order valence-electron chi connectivity index (χ0n) is 15.3. The lowest BCUT2D eigenvalue weighted by Crippen LogP contribution is -2.29. The van der Waals surface area contributed by atoms with Crippen LogP contribution in [0.25, 0.3) is 0 Å². The highest BCUT2D eigenvalue weighted by Crippen LogP contribution is 2.38. The summed E-state index contributed by atoms with van der Waals surface area (Å²) in [5.41, 5.74) is -1.85. The van der Waals surface area contributed by atoms with E-state index in [4.69, 9.17) is 16.3 Å². The summed E-state index contributed by atoms with van der Waals surface area (Å²) < 4.78 is 73.2. The largest absolute Gasteiger partial charge is 0.468 e. The Balaban J connectivity index is 2.51. The fraction of sp³-hybridized carbons (Fsp3) is 0.235. The van der Waals surface area contributed by atoms with Crippen LogP contribution in [0.1, 0.15) is 12.5 Å². The first-order valence-electron chi connectivity index (χ1n) is 7.93. The zero-order valence-corrected chi connectivity index (χ0v) is 16.8. The summed E-state index contributed by atoms with van der Waals surface area (Å²) in [7, 11) is -3.60. The molecule has 0 aliphatic heterocycles. The van der Waals surface area contributed by atoms with Crippen LogP contribution in [0.4, 0.5) is 18.9 Å². The monoisotopic (exact) mass is 467 g/mol. The summed E-state index contributed by atoms with van der Waals surface area (Å²) in [4.78, 5) is 21.1. The van der Waals surface area contributed by atoms with Crippen LogP contribution >= 0.6 is 11.6 Å². The number of sulfone groups is 1. The van der Waals surface area contributed by atoms with Crippen molar-refractivity contribution in [3.05, 3.63) is 57.1 Å². The van der Waals surface area contributed by atoms with E-state index in [1.54, 1.807) is 0 Å². The molecule has 1 unspecified atom stereocenters. The number of methoxy groups -OCH3 is 1. The maximum atomic E-state index is 12.7. The van der Waals surface area contributed by atoms with Gasteiger partial charge in [-0.3, -0.25) is 14.9 Å². The van der Waals surface area contributed by atoms with Gasteiger partial charge in [-0.15, -0.1) is 0 Å². The van der Waals surface area contributed by atoms with Crippen LogP contribution in [-0.2, 0) is 25.5 Å². The Labute approximate surface area is 173 Å². The Bertz CT molecular complexity index is 1100. The molecule has 0 saturated heterocycles. The standard InChI is InChI=1S/C17H13ClF3NO7S/c1-9(16(23)28-2)30(26,27)15-8-11(4-5-13(15)22(24)25)29-14-6-3-10(7-12(14)18)17(19,20)21/h3-9H,1-2H3. The average molecular weight is 468 g/mol. The van der Waals surface area contributed by atoms with Crippen LogP contribution < -0.4 is 4.74 Å². The number of esters is 1. The van der Waals surface area contributed by atoms with E-state index in [-0.39, 0.29) is 11.5 Å². The van der Waals surface area contributed by atoms with Crippen molar-refractivity contribution < 1.29 is 40.8 Å². The summed E-state index contributed by atoms with van der Waals surface area (Å²) >= 11 is 5.79. The Morgan fingerprint density at radius 3 is 2.33 bits per heavy atom. The maximum Gasteiger partial charge on any atom is 0.416 e. The second-order valence-electron chi connectivity index (χ2n) is 5.84. The van der Waals surface area contributed by atoms with E-state index < -0.39 is 53.3 Å². The molecule has 8 nitrogen and oxygen atoms in total. The Hall–Kier alpha value is -2.86. The number of nitro benzene ring substituents is 1. The van der Waals surface area contributed by atoms with Crippen molar-refractivity contribution in [2.75, 3.05) is 7.11 Å². The van der Waals surface area contributed by atoms with Gasteiger partial charge in [-0.2, -0.15) is 13.2 Å². The molecule has 0 radical (unpaired) electrons. The third-order valence-corrected chi connectivity index (χ3v) is 6.28. The molecule has 0 saturated carbocycles. The molecule has 13 heteroatoms. The minimum atomic E-state index is -4.64. The minimum absolute atomic E-state index is 0.247. The molecule has 0 N–H and O–H groups in total. The van der Waals surface area contributed by atoms with Gasteiger partial charge in [0.15, 0.2) is 15.1 Å². The molecule has 0 aromatic heterocycles. The molecule has 0 aliphatic rings. The van der Waals surface area contributed by atoms with Crippen molar-refractivity contribution >= 4 is 33.1 Å². The van der Waals surface area contributed by atoms with Crippen LogP contribution in [0.15, 0.2) is 41.3 Å². The SMILES string of the molecule is COC(=O)C(C)S(=O)(=O)c1cc(Oc2ccc(C(F)(F)F)cc2Cl)ccc1[N+](=O)[O-]. The topological polar surface area (TPSA) is 113 Å². The fourth-order valence-electron chi connectivity index (χ4n) is 2.31. The number of ether oxygens (including phenoxy) is 2. The molecular formula is C17H13ClF3NO7S. The first kappa shape index (κ1) is 23.4. The molecule has 0 amide bonds. The van der Waals surface area contributed by atoms with Crippen molar-refractivity contribution in [1.82, 2.24) is 0 Å². The summed E-state index contributed by atoms with van der Waals surface area (Å²) in [5.74, 6) is -1.65. The average Bonchev–Trinajstić information content (AvgIpc) is 2.67. The molecule has 2 rings (SSSR count). The number of rotatable bonds is 6. The van der Waals surface area contributed by atoms with Gasteiger partial charge in [0.05, 0.1) is 22.6 Å². The highest BCUT2D eigenvalue weighted by atomic mass is 35.5. The molecule has 30 heavy (non-hydrogen) atoms. The van der Waals surface area contributed by atoms with Crippen LogP contribution in [0.5, 0.6) is 11.5 Å². The lowest BCUT2D eigenvalue weighted by atomic mass is 10.2. The first-order valence-corrected chi connectivity index (χ1v) is 9.86. The zero-order chi connectivity index (χ0) is 22.9. The third-order valence-electron chi connectivity index (χ3n) is 3.92. The molecule has 2 aromatic rings. The van der Waals surface area contributed by atoms with Crippen molar-refractivity contribution in [3.8, 4) is 11.5 Å². The van der Waals surface area contributed by atoms with Crippen LogP contribution in [-0.4, -0.2) is 31.7 Å². The number of nitro groups is 1. The quantitative estimate of drug-likeness (QED) is 0.351. The van der Waals surface area contributed by atoms with Gasteiger partial charge in [0.25, 0.3) is 5.69 Å². The van der Waals surface area contributed by atoms with Crippen molar-refractivity contribution in [2.24, 2.45) is 0 Å². The van der Waals surface area contributed by atoms with E-state index >= 15 is 0 Å². The van der Waals surface area contributed by atoms with Gasteiger partial charge in [-0.05, 0) is 31.2 Å². The van der Waals surface area contributed by atoms with E-state index in [9.17, 15) is 36.5 Å². The maximum absolute atomic E-state index is 12.7. The van der Waals surface area contributed by atoms with Crippen LogP contribution in [0.3, 0.4) is 0 Å². The molecule has 0 fully saturated rings. The fourth-order valence-corrected chi connectivity index (χ4v) is 3.97. The van der Waals surface area contributed by atoms with Crippen molar-refractivity contribution in [3.63, 3.8) is 0 Å². The number of alkyl halides is 3. The van der Waals surface area contributed by atoms with E-state index in [1.807, 2.05) is 0 Å². The highest BCUT2D eigenvalue weighted by molar-refractivity contribution is 7.93. The van der Waals surface area contributed by atoms with Gasteiger partial charge >= 0.3 is 12.1 Å². The lowest BCUT2D eigenvalue weighted by molar-refractivity contribution is -0.387. The molecule has 162 valence electrons. The van der Waals surface area contributed by atoms with Crippen LogP contribution in [0.2, 0.25) is 5.02 Å². The highest BCUT2D eigenvalue weighted by Gasteiger charge is 2.36. The number of halogens is 4.